The number of hydrogen-bond donors (Lipinski definition) is 1. The van der Waals surface area contributed by atoms with Crippen LogP contribution in [0.4, 0.5) is 5.00 Å². The molecule has 0 spiro atoms. The van der Waals surface area contributed by atoms with Crippen LogP contribution in [0.15, 0.2) is 6.07 Å². The molecule has 1 aromatic rings. The Kier molecular flexibility index (Phi) is 2.91. The third kappa shape index (κ3) is 1.87. The van der Waals surface area contributed by atoms with E-state index in [0.717, 1.165) is 0 Å². The monoisotopic (exact) mass is 184 g/mol. The molecule has 3 N–H and O–H groups in total. The van der Waals surface area contributed by atoms with E-state index in [-0.39, 0.29) is 0 Å². The Morgan fingerprint density at radius 3 is 2.00 bits per heavy atom. The number of rotatable bonds is 2. The molecule has 0 atom stereocenters. The maximum absolute atomic E-state index is 4.06. The van der Waals surface area contributed by atoms with Crippen LogP contribution in [-0.2, 0) is 0 Å². The third-order valence-corrected chi connectivity index (χ3v) is 3.36. The van der Waals surface area contributed by atoms with Gasteiger partial charge in [0, 0.05) is 10.4 Å². The molecule has 0 saturated carbocycles. The van der Waals surface area contributed by atoms with Crippen LogP contribution in [0.5, 0.6) is 0 Å². The Morgan fingerprint density at radius 2 is 1.75 bits per heavy atom. The van der Waals surface area contributed by atoms with Gasteiger partial charge in [-0.3, -0.25) is 0 Å². The molecule has 0 fully saturated rings. The quantitative estimate of drug-likeness (QED) is 0.732. The van der Waals surface area contributed by atoms with Crippen molar-refractivity contribution in [3.63, 3.8) is 0 Å². The first-order chi connectivity index (χ1) is 5.52. The molecule has 2 heteroatoms. The fourth-order valence-corrected chi connectivity index (χ4v) is 2.36. The van der Waals surface area contributed by atoms with Crippen LogP contribution in [0.1, 0.15) is 50.0 Å². The Labute approximate surface area is 78.6 Å². The summed E-state index contributed by atoms with van der Waals surface area (Å²) in [7, 11) is 0. The summed E-state index contributed by atoms with van der Waals surface area (Å²) in [6.45, 7) is 8.91. The summed E-state index contributed by atoms with van der Waals surface area (Å²) in [5.74, 6) is 1.25. The molecule has 1 aromatic heterocycles. The lowest BCUT2D eigenvalue weighted by Gasteiger charge is -1.99. The highest BCUT2D eigenvalue weighted by Crippen LogP contribution is 2.33. The van der Waals surface area contributed by atoms with Gasteiger partial charge in [-0.2, -0.15) is 0 Å². The molecule has 0 aromatic carbocycles. The van der Waals surface area contributed by atoms with Crippen molar-refractivity contribution in [1.82, 2.24) is 0 Å². The Bertz CT molecular complexity index is 261. The number of quaternary nitrogens is 1. The standard InChI is InChI=1S/C10H17NS/c1-6(2)8-5-9(7(3)4)12-10(8)11/h5-7H,11H2,1-4H3/p+1. The van der Waals surface area contributed by atoms with E-state index in [0.29, 0.717) is 11.8 Å². The van der Waals surface area contributed by atoms with E-state index in [9.17, 15) is 0 Å². The molecule has 0 saturated heterocycles. The molecule has 0 aliphatic heterocycles. The van der Waals surface area contributed by atoms with Gasteiger partial charge in [0.25, 0.3) is 0 Å². The number of hydrogen-bond acceptors (Lipinski definition) is 1. The minimum absolute atomic E-state index is 0.612. The summed E-state index contributed by atoms with van der Waals surface area (Å²) in [6.07, 6.45) is 0. The molecule has 68 valence electrons. The first kappa shape index (κ1) is 9.75. The van der Waals surface area contributed by atoms with Gasteiger partial charge in [-0.25, -0.2) is 0 Å². The zero-order valence-corrected chi connectivity index (χ0v) is 9.16. The Hall–Kier alpha value is -0.340. The number of thiophene rings is 1. The normalized spacial score (nSPS) is 11.6. The van der Waals surface area contributed by atoms with Gasteiger partial charge in [0.1, 0.15) is 0 Å². The first-order valence-corrected chi connectivity index (χ1v) is 5.29. The average Bonchev–Trinajstić information content (AvgIpc) is 2.30. The van der Waals surface area contributed by atoms with E-state index >= 15 is 0 Å². The molecular formula is C10H18NS+. The zero-order valence-electron chi connectivity index (χ0n) is 8.35. The van der Waals surface area contributed by atoms with Crippen LogP contribution < -0.4 is 5.73 Å². The van der Waals surface area contributed by atoms with Crippen molar-refractivity contribution in [1.29, 1.82) is 0 Å². The van der Waals surface area contributed by atoms with Crippen molar-refractivity contribution in [2.75, 3.05) is 0 Å². The van der Waals surface area contributed by atoms with Crippen LogP contribution in [0.2, 0.25) is 0 Å². The van der Waals surface area contributed by atoms with Crippen LogP contribution in [0, 0.1) is 0 Å². The van der Waals surface area contributed by atoms with Gasteiger partial charge < -0.3 is 5.73 Å². The average molecular weight is 184 g/mol. The lowest BCUT2D eigenvalue weighted by molar-refractivity contribution is -0.250. The van der Waals surface area contributed by atoms with Crippen molar-refractivity contribution in [3.05, 3.63) is 16.5 Å². The molecule has 1 heterocycles. The van der Waals surface area contributed by atoms with Crippen molar-refractivity contribution >= 4 is 16.3 Å². The van der Waals surface area contributed by atoms with Gasteiger partial charge in [-0.1, -0.05) is 39.0 Å². The van der Waals surface area contributed by atoms with Crippen molar-refractivity contribution < 1.29 is 5.73 Å². The minimum Gasteiger partial charge on any atom is -0.316 e. The highest BCUT2D eigenvalue weighted by Gasteiger charge is 2.13. The second-order valence-electron chi connectivity index (χ2n) is 3.84. The topological polar surface area (TPSA) is 27.6 Å². The fourth-order valence-electron chi connectivity index (χ4n) is 1.24. The molecule has 0 aliphatic rings. The largest absolute Gasteiger partial charge is 0.316 e. The molecule has 12 heavy (non-hydrogen) atoms. The van der Waals surface area contributed by atoms with Crippen molar-refractivity contribution in [2.45, 2.75) is 39.5 Å². The van der Waals surface area contributed by atoms with Crippen molar-refractivity contribution in [2.24, 2.45) is 0 Å². The third-order valence-electron chi connectivity index (χ3n) is 2.05. The SMILES string of the molecule is CC(C)c1cc(C(C)C)c([NH3+])s1. The van der Waals surface area contributed by atoms with Gasteiger partial charge in [-0.15, -0.1) is 0 Å². The lowest BCUT2D eigenvalue weighted by Crippen LogP contribution is -2.40. The smallest absolute Gasteiger partial charge is 0.187 e. The second kappa shape index (κ2) is 3.58. The fraction of sp³-hybridized carbons (Fsp3) is 0.600. The van der Waals surface area contributed by atoms with E-state index in [1.165, 1.54) is 15.4 Å². The molecule has 0 radical (unpaired) electrons. The van der Waals surface area contributed by atoms with E-state index in [1.54, 1.807) is 0 Å². The maximum atomic E-state index is 4.06. The van der Waals surface area contributed by atoms with Gasteiger partial charge in [0.15, 0.2) is 5.00 Å². The van der Waals surface area contributed by atoms with Crippen molar-refractivity contribution in [3.8, 4) is 0 Å². The van der Waals surface area contributed by atoms with Crippen LogP contribution >= 0.6 is 11.3 Å². The molecule has 1 rings (SSSR count). The summed E-state index contributed by atoms with van der Waals surface area (Å²) >= 11 is 1.84. The van der Waals surface area contributed by atoms with Gasteiger partial charge in [0.2, 0.25) is 0 Å². The maximum Gasteiger partial charge on any atom is 0.187 e. The summed E-state index contributed by atoms with van der Waals surface area (Å²) < 4.78 is 0. The van der Waals surface area contributed by atoms with E-state index in [2.05, 4.69) is 39.5 Å². The Morgan fingerprint density at radius 1 is 1.17 bits per heavy atom. The summed E-state index contributed by atoms with van der Waals surface area (Å²) in [4.78, 5) is 1.46. The molecule has 1 nitrogen and oxygen atoms in total. The highest BCUT2D eigenvalue weighted by molar-refractivity contribution is 7.15. The van der Waals surface area contributed by atoms with Crippen LogP contribution in [0.3, 0.4) is 0 Å². The highest BCUT2D eigenvalue weighted by atomic mass is 32.1. The molecule has 0 aliphatic carbocycles. The molecule has 0 unspecified atom stereocenters. The summed E-state index contributed by atoms with van der Waals surface area (Å²) in [5, 5.41) is 1.24. The molecular weight excluding hydrogens is 166 g/mol. The van der Waals surface area contributed by atoms with Crippen LogP contribution in [-0.4, -0.2) is 0 Å². The predicted octanol–water partition coefficient (Wildman–Crippen LogP) is 2.87. The molecule has 0 bridgehead atoms. The lowest BCUT2D eigenvalue weighted by atomic mass is 10.0. The van der Waals surface area contributed by atoms with E-state index < -0.39 is 0 Å². The molecule has 0 amide bonds. The summed E-state index contributed by atoms with van der Waals surface area (Å²) in [6, 6.07) is 2.31. The van der Waals surface area contributed by atoms with E-state index in [4.69, 9.17) is 0 Å². The minimum atomic E-state index is 0.612. The zero-order chi connectivity index (χ0) is 9.30. The van der Waals surface area contributed by atoms with Gasteiger partial charge in [0.05, 0.1) is 0 Å². The summed E-state index contributed by atoms with van der Waals surface area (Å²) in [5.41, 5.74) is 5.48. The predicted molar refractivity (Wildman–Crippen MR) is 55.0 cm³/mol. The van der Waals surface area contributed by atoms with Crippen LogP contribution in [0.25, 0.3) is 0 Å². The second-order valence-corrected chi connectivity index (χ2v) is 5.01. The first-order valence-electron chi connectivity index (χ1n) is 4.48. The Balaban J connectivity index is 3.00. The van der Waals surface area contributed by atoms with Gasteiger partial charge >= 0.3 is 0 Å². The van der Waals surface area contributed by atoms with E-state index in [1.807, 2.05) is 11.3 Å². The van der Waals surface area contributed by atoms with Gasteiger partial charge in [-0.05, 0) is 17.9 Å².